The van der Waals surface area contributed by atoms with E-state index in [4.69, 9.17) is 0 Å². The van der Waals surface area contributed by atoms with Crippen LogP contribution in [0.15, 0.2) is 17.0 Å². The summed E-state index contributed by atoms with van der Waals surface area (Å²) in [6.07, 6.45) is 4.52. The number of halogens is 1. The van der Waals surface area contributed by atoms with Crippen molar-refractivity contribution in [2.24, 2.45) is 0 Å². The van der Waals surface area contributed by atoms with Gasteiger partial charge in [-0.1, -0.05) is 6.92 Å². The molecule has 0 aromatic heterocycles. The number of imide groups is 1. The highest BCUT2D eigenvalue weighted by Gasteiger charge is 2.37. The van der Waals surface area contributed by atoms with Gasteiger partial charge in [0.2, 0.25) is 0 Å². The predicted molar refractivity (Wildman–Crippen MR) is 100 cm³/mol. The van der Waals surface area contributed by atoms with Crippen LogP contribution in [0.2, 0.25) is 0 Å². The van der Waals surface area contributed by atoms with Crippen molar-refractivity contribution in [3.8, 4) is 0 Å². The molecule has 2 saturated heterocycles. The Labute approximate surface area is 152 Å². The molecule has 25 heavy (non-hydrogen) atoms. The Morgan fingerprint density at radius 3 is 2.60 bits per heavy atom. The van der Waals surface area contributed by atoms with Crippen molar-refractivity contribution in [1.29, 1.82) is 0 Å². The number of benzene rings is 1. The number of hydrogen-bond donors (Lipinski definition) is 0. The van der Waals surface area contributed by atoms with Crippen LogP contribution >= 0.6 is 11.8 Å². The van der Waals surface area contributed by atoms with E-state index in [1.807, 2.05) is 26.8 Å². The van der Waals surface area contributed by atoms with Crippen molar-refractivity contribution in [3.05, 3.63) is 34.0 Å². The maximum atomic E-state index is 14.5. The van der Waals surface area contributed by atoms with Crippen LogP contribution in [0.4, 0.5) is 14.9 Å². The zero-order chi connectivity index (χ0) is 18.1. The van der Waals surface area contributed by atoms with Crippen LogP contribution in [0.5, 0.6) is 0 Å². The number of aryl methyl sites for hydroxylation is 1. The summed E-state index contributed by atoms with van der Waals surface area (Å²) in [6.45, 7) is 7.46. The SMILES string of the molecule is CC[C@@H](C)N1C(=O)S/C(=C/c2cc(F)c(N3CCCC3)cc2C)C1=O. The second-order valence-corrected chi connectivity index (χ2v) is 7.66. The Kier molecular flexibility index (Phi) is 5.18. The van der Waals surface area contributed by atoms with Gasteiger partial charge < -0.3 is 4.90 Å². The first-order valence-electron chi connectivity index (χ1n) is 8.74. The van der Waals surface area contributed by atoms with E-state index in [1.54, 1.807) is 6.08 Å². The smallest absolute Gasteiger partial charge is 0.293 e. The second-order valence-electron chi connectivity index (χ2n) is 6.66. The van der Waals surface area contributed by atoms with Crippen LogP contribution < -0.4 is 4.90 Å². The third-order valence-electron chi connectivity index (χ3n) is 4.92. The van der Waals surface area contributed by atoms with Crippen LogP contribution in [-0.2, 0) is 4.79 Å². The minimum absolute atomic E-state index is 0.131. The summed E-state index contributed by atoms with van der Waals surface area (Å²) in [7, 11) is 0. The van der Waals surface area contributed by atoms with Gasteiger partial charge in [-0.15, -0.1) is 0 Å². The molecule has 0 bridgehead atoms. The normalized spacial score (nSPS) is 20.9. The van der Waals surface area contributed by atoms with Crippen LogP contribution in [0.25, 0.3) is 6.08 Å². The molecule has 2 amide bonds. The molecule has 2 aliphatic rings. The molecule has 1 atom stereocenters. The molecule has 0 unspecified atom stereocenters. The zero-order valence-electron chi connectivity index (χ0n) is 14.8. The van der Waals surface area contributed by atoms with Gasteiger partial charge >= 0.3 is 0 Å². The standard InChI is InChI=1S/C19H23FN2O2S/c1-4-13(3)22-18(23)17(25-19(22)24)11-14-10-15(20)16(9-12(14)2)21-7-5-6-8-21/h9-11,13H,4-8H2,1-3H3/b17-11+/t13-/m1/s1. The molecular formula is C19H23FN2O2S. The van der Waals surface area contributed by atoms with E-state index in [-0.39, 0.29) is 23.0 Å². The number of thioether (sulfide) groups is 1. The molecule has 2 aliphatic heterocycles. The van der Waals surface area contributed by atoms with E-state index < -0.39 is 0 Å². The van der Waals surface area contributed by atoms with Crippen molar-refractivity contribution >= 4 is 34.7 Å². The largest absolute Gasteiger partial charge is 0.369 e. The van der Waals surface area contributed by atoms with E-state index in [0.29, 0.717) is 22.6 Å². The third-order valence-corrected chi connectivity index (χ3v) is 5.81. The first-order valence-corrected chi connectivity index (χ1v) is 9.56. The molecule has 4 nitrogen and oxygen atoms in total. The molecule has 0 radical (unpaired) electrons. The highest BCUT2D eigenvalue weighted by Crippen LogP contribution is 2.35. The lowest BCUT2D eigenvalue weighted by molar-refractivity contribution is -0.124. The van der Waals surface area contributed by atoms with E-state index in [1.165, 1.54) is 11.0 Å². The number of amides is 2. The minimum Gasteiger partial charge on any atom is -0.369 e. The summed E-state index contributed by atoms with van der Waals surface area (Å²) in [5.41, 5.74) is 2.17. The summed E-state index contributed by atoms with van der Waals surface area (Å²) in [4.78, 5) is 28.3. The molecule has 2 fully saturated rings. The van der Waals surface area contributed by atoms with Gasteiger partial charge in [-0.25, -0.2) is 4.39 Å². The molecule has 134 valence electrons. The Morgan fingerprint density at radius 2 is 1.96 bits per heavy atom. The Bertz CT molecular complexity index is 741. The number of nitrogens with zero attached hydrogens (tertiary/aromatic N) is 2. The number of carbonyl (C=O) groups excluding carboxylic acids is 2. The highest BCUT2D eigenvalue weighted by atomic mass is 32.2. The van der Waals surface area contributed by atoms with Gasteiger partial charge in [0.1, 0.15) is 5.82 Å². The molecule has 1 aromatic rings. The van der Waals surface area contributed by atoms with Gasteiger partial charge in [0.25, 0.3) is 11.1 Å². The van der Waals surface area contributed by atoms with Crippen LogP contribution in [-0.4, -0.2) is 35.2 Å². The van der Waals surface area contributed by atoms with E-state index in [0.717, 1.165) is 43.3 Å². The summed E-state index contributed by atoms with van der Waals surface area (Å²) in [6, 6.07) is 3.18. The highest BCUT2D eigenvalue weighted by molar-refractivity contribution is 8.18. The average Bonchev–Trinajstić information content (AvgIpc) is 3.19. The lowest BCUT2D eigenvalue weighted by Gasteiger charge is -2.20. The minimum atomic E-state index is -0.284. The monoisotopic (exact) mass is 362 g/mol. The van der Waals surface area contributed by atoms with E-state index in [9.17, 15) is 14.0 Å². The van der Waals surface area contributed by atoms with Crippen LogP contribution in [0.3, 0.4) is 0 Å². The Hall–Kier alpha value is -1.82. The molecule has 6 heteroatoms. The van der Waals surface area contributed by atoms with Gasteiger partial charge in [-0.05, 0) is 74.2 Å². The van der Waals surface area contributed by atoms with Crippen molar-refractivity contribution in [2.45, 2.75) is 46.1 Å². The fraction of sp³-hybridized carbons (Fsp3) is 0.474. The molecule has 0 spiro atoms. The average molecular weight is 362 g/mol. The third kappa shape index (κ3) is 3.45. The van der Waals surface area contributed by atoms with Gasteiger partial charge in [0.05, 0.1) is 10.6 Å². The number of anilines is 1. The van der Waals surface area contributed by atoms with Gasteiger partial charge in [0.15, 0.2) is 0 Å². The molecule has 3 rings (SSSR count). The summed E-state index contributed by atoms with van der Waals surface area (Å²) in [5.74, 6) is -0.562. The number of hydrogen-bond acceptors (Lipinski definition) is 4. The number of rotatable bonds is 4. The summed E-state index contributed by atoms with van der Waals surface area (Å²) >= 11 is 0.930. The summed E-state index contributed by atoms with van der Waals surface area (Å²) in [5, 5.41) is -0.252. The van der Waals surface area contributed by atoms with Crippen LogP contribution in [0.1, 0.15) is 44.2 Å². The molecule has 1 aromatic carbocycles. The van der Waals surface area contributed by atoms with Gasteiger partial charge in [0, 0.05) is 19.1 Å². The van der Waals surface area contributed by atoms with Gasteiger partial charge in [-0.2, -0.15) is 0 Å². The number of carbonyl (C=O) groups is 2. The maximum absolute atomic E-state index is 14.5. The fourth-order valence-corrected chi connectivity index (χ4v) is 4.14. The molecule has 0 saturated carbocycles. The lowest BCUT2D eigenvalue weighted by atomic mass is 10.1. The first kappa shape index (κ1) is 18.0. The predicted octanol–water partition coefficient (Wildman–Crippen LogP) is 4.57. The molecule has 0 aliphatic carbocycles. The molecule has 0 N–H and O–H groups in total. The van der Waals surface area contributed by atoms with Crippen LogP contribution in [0, 0.1) is 12.7 Å². The molecule has 2 heterocycles. The van der Waals surface area contributed by atoms with E-state index >= 15 is 0 Å². The first-order chi connectivity index (χ1) is 11.9. The molecular weight excluding hydrogens is 339 g/mol. The van der Waals surface area contributed by atoms with Gasteiger partial charge in [-0.3, -0.25) is 14.5 Å². The van der Waals surface area contributed by atoms with Crippen molar-refractivity contribution in [1.82, 2.24) is 4.90 Å². The van der Waals surface area contributed by atoms with Crippen molar-refractivity contribution < 1.29 is 14.0 Å². The van der Waals surface area contributed by atoms with Crippen molar-refractivity contribution in [2.75, 3.05) is 18.0 Å². The fourth-order valence-electron chi connectivity index (χ4n) is 3.22. The Morgan fingerprint density at radius 1 is 1.28 bits per heavy atom. The maximum Gasteiger partial charge on any atom is 0.293 e. The topological polar surface area (TPSA) is 40.6 Å². The summed E-state index contributed by atoms with van der Waals surface area (Å²) < 4.78 is 14.5. The zero-order valence-corrected chi connectivity index (χ0v) is 15.7. The quantitative estimate of drug-likeness (QED) is 0.736. The second kappa shape index (κ2) is 7.20. The van der Waals surface area contributed by atoms with Crippen molar-refractivity contribution in [3.63, 3.8) is 0 Å². The lowest BCUT2D eigenvalue weighted by Crippen LogP contribution is -2.36. The van der Waals surface area contributed by atoms with E-state index in [2.05, 4.69) is 4.90 Å². The Balaban J connectivity index is 1.90.